The van der Waals surface area contributed by atoms with Gasteiger partial charge in [-0.25, -0.2) is 9.98 Å². The first-order chi connectivity index (χ1) is 42.0. The lowest BCUT2D eigenvalue weighted by atomic mass is 9.70. The van der Waals surface area contributed by atoms with Gasteiger partial charge in [-0.2, -0.15) is 21.0 Å². The van der Waals surface area contributed by atoms with E-state index in [0.29, 0.717) is 79.2 Å². The summed E-state index contributed by atoms with van der Waals surface area (Å²) in [5.74, 6) is -3.57. The van der Waals surface area contributed by atoms with E-state index in [-0.39, 0.29) is 83.3 Å². The highest BCUT2D eigenvalue weighted by atomic mass is 32.1. The van der Waals surface area contributed by atoms with Crippen molar-refractivity contribution in [2.24, 2.45) is 9.98 Å². The van der Waals surface area contributed by atoms with E-state index < -0.39 is 34.7 Å². The lowest BCUT2D eigenvalue weighted by Gasteiger charge is -2.32. The molecule has 0 aliphatic heterocycles. The third kappa shape index (κ3) is 10.6. The molecule has 5 heterocycles. The normalized spacial score (nSPS) is 12.5. The number of aliphatic imine (C=N–C) groups is 2. The molecule has 0 saturated carbocycles. The minimum atomic E-state index is -2.59. The molecule has 5 aromatic heterocycles. The van der Waals surface area contributed by atoms with Crippen molar-refractivity contribution in [3.8, 4) is 74.8 Å². The molecule has 0 atom stereocenters. The van der Waals surface area contributed by atoms with Crippen molar-refractivity contribution in [3.05, 3.63) is 190 Å². The Morgan fingerprint density at radius 1 is 0.430 bits per heavy atom. The fourth-order valence-corrected chi connectivity index (χ4v) is 16.4. The molecule has 0 unspecified atom stereocenters. The van der Waals surface area contributed by atoms with Gasteiger partial charge < -0.3 is 28.4 Å². The first-order valence-corrected chi connectivity index (χ1v) is 30.7. The molecule has 2 aliphatic rings. The van der Waals surface area contributed by atoms with E-state index in [9.17, 15) is 21.0 Å². The SMILES string of the molecule is CCCOc1cc(N=C(C#N)C#N)sc1-c1cc2c(s1)-c1sc3c(c1C2(C(=O)OCc1ccccc1)C(=O)OCc1ccccc1)C(C(=O)OCc1ccccc1)(C(=O)OCc1ccccc1)c1cc(-c2sc(N=C(C#N)C#N)cc2OCC)sc1-3. The molecule has 0 spiro atoms. The van der Waals surface area contributed by atoms with Gasteiger partial charge in [-0.3, -0.25) is 19.2 Å². The van der Waals surface area contributed by atoms with Crippen molar-refractivity contribution < 1.29 is 47.6 Å². The van der Waals surface area contributed by atoms with Crippen molar-refractivity contribution in [1.82, 2.24) is 0 Å². The maximum Gasteiger partial charge on any atom is 0.333 e. The van der Waals surface area contributed by atoms with Gasteiger partial charge >= 0.3 is 23.9 Å². The van der Waals surface area contributed by atoms with Crippen LogP contribution >= 0.6 is 56.7 Å². The van der Waals surface area contributed by atoms with Crippen LogP contribution in [0.2, 0.25) is 0 Å². The zero-order chi connectivity index (χ0) is 60.0. The van der Waals surface area contributed by atoms with Crippen molar-refractivity contribution >= 4 is 102 Å². The molecule has 16 nitrogen and oxygen atoms in total. The predicted molar refractivity (Wildman–Crippen MR) is 328 cm³/mol. The molecular weight excluding hydrogens is 1190 g/mol. The number of thiophene rings is 5. The van der Waals surface area contributed by atoms with Crippen molar-refractivity contribution in [2.45, 2.75) is 57.5 Å². The predicted octanol–water partition coefficient (Wildman–Crippen LogP) is 14.3. The molecule has 424 valence electrons. The Hall–Kier alpha value is -9.84. The molecule has 0 amide bonds. The standard InChI is InChI=1S/C65H44N6O10S5/c1-3-25-77-47-29-51(71-43(32-68)33-69)85-57(47)49-27-45-55(83-49)59-53(65(45,62(74)80-36-40-21-13-7-14-22-40)63(75)81-37-41-23-15-8-16-24-41)52-58(86-59)54-44(26-48(82-54)56-46(76-4-2)28-50(84-56)70-42(30-66)31-67)64(52,60(72)78-34-38-17-9-5-10-18-38)61(73)79-35-39-19-11-6-12-20-39/h5-24,26-29H,3-4,25,34-37H2,1-2H3. The fourth-order valence-electron chi connectivity index (χ4n) is 10.1. The molecule has 86 heavy (non-hydrogen) atoms. The van der Waals surface area contributed by atoms with Gasteiger partial charge in [-0.1, -0.05) is 128 Å². The summed E-state index contributed by atoms with van der Waals surface area (Å²) in [4.78, 5) is 77.3. The number of nitrogens with zero attached hydrogens (tertiary/aromatic N) is 6. The van der Waals surface area contributed by atoms with E-state index in [1.165, 1.54) is 22.7 Å². The first-order valence-electron chi connectivity index (χ1n) is 26.6. The Labute approximate surface area is 512 Å². The van der Waals surface area contributed by atoms with E-state index in [1.54, 1.807) is 140 Å². The number of rotatable bonds is 21. The molecule has 11 rings (SSSR count). The Kier molecular flexibility index (Phi) is 17.0. The summed E-state index contributed by atoms with van der Waals surface area (Å²) in [5, 5.41) is 39.3. The minimum Gasteiger partial charge on any atom is -0.492 e. The van der Waals surface area contributed by atoms with Gasteiger partial charge in [-0.05, 0) is 47.7 Å². The Balaban J connectivity index is 1.22. The number of carbonyl (C=O) groups is 4. The van der Waals surface area contributed by atoms with Crippen LogP contribution in [0.4, 0.5) is 10.0 Å². The first kappa shape index (κ1) is 58.0. The summed E-state index contributed by atoms with van der Waals surface area (Å²) in [6.07, 6.45) is 0.623. The third-order valence-electron chi connectivity index (χ3n) is 13.9. The van der Waals surface area contributed by atoms with Gasteiger partial charge in [0, 0.05) is 44.1 Å². The van der Waals surface area contributed by atoms with Crippen LogP contribution in [0.15, 0.2) is 156 Å². The van der Waals surface area contributed by atoms with E-state index in [2.05, 4.69) is 9.98 Å². The minimum absolute atomic E-state index is 0.0328. The highest BCUT2D eigenvalue weighted by molar-refractivity contribution is 7.31. The molecule has 9 aromatic rings. The maximum absolute atomic E-state index is 16.3. The molecule has 0 radical (unpaired) electrons. The highest BCUT2D eigenvalue weighted by Gasteiger charge is 2.69. The quantitative estimate of drug-likeness (QED) is 0.0281. The molecule has 0 N–H and O–H groups in total. The van der Waals surface area contributed by atoms with E-state index in [4.69, 9.17) is 28.4 Å². The topological polar surface area (TPSA) is 244 Å². The monoisotopic (exact) mass is 1230 g/mol. The molecule has 0 fully saturated rings. The average Bonchev–Trinajstić information content (AvgIpc) is 1.53. The molecule has 0 saturated heterocycles. The number of carbonyl (C=O) groups excluding carboxylic acids is 4. The van der Waals surface area contributed by atoms with Crippen LogP contribution in [0.25, 0.3) is 39.0 Å². The summed E-state index contributed by atoms with van der Waals surface area (Å²) in [7, 11) is 0. The summed E-state index contributed by atoms with van der Waals surface area (Å²) in [6, 6.07) is 49.4. The summed E-state index contributed by atoms with van der Waals surface area (Å²) in [5.41, 5.74) is -3.38. The average molecular weight is 1230 g/mol. The lowest BCUT2D eigenvalue weighted by molar-refractivity contribution is -0.167. The summed E-state index contributed by atoms with van der Waals surface area (Å²) >= 11 is 5.83. The maximum atomic E-state index is 16.3. The Bertz CT molecular complexity index is 4200. The summed E-state index contributed by atoms with van der Waals surface area (Å²) in [6.45, 7) is 3.01. The van der Waals surface area contributed by atoms with Gasteiger partial charge in [0.1, 0.15) is 72.2 Å². The zero-order valence-corrected chi connectivity index (χ0v) is 49.7. The van der Waals surface area contributed by atoms with Crippen molar-refractivity contribution in [3.63, 3.8) is 0 Å². The zero-order valence-electron chi connectivity index (χ0n) is 45.6. The van der Waals surface area contributed by atoms with Crippen molar-refractivity contribution in [1.29, 1.82) is 21.0 Å². The van der Waals surface area contributed by atoms with E-state index in [1.807, 2.05) is 43.3 Å². The van der Waals surface area contributed by atoms with Crippen LogP contribution < -0.4 is 9.47 Å². The van der Waals surface area contributed by atoms with Gasteiger partial charge in [-0.15, -0.1) is 56.7 Å². The second-order valence-corrected chi connectivity index (χ2v) is 24.4. The second-order valence-electron chi connectivity index (χ2n) is 19.2. The number of esters is 4. The largest absolute Gasteiger partial charge is 0.492 e. The van der Waals surface area contributed by atoms with Crippen LogP contribution in [0.1, 0.15) is 64.8 Å². The Morgan fingerprint density at radius 3 is 1.08 bits per heavy atom. The van der Waals surface area contributed by atoms with Gasteiger partial charge in [0.25, 0.3) is 0 Å². The summed E-state index contributed by atoms with van der Waals surface area (Å²) < 4.78 is 38.0. The van der Waals surface area contributed by atoms with Crippen LogP contribution in [0.3, 0.4) is 0 Å². The molecule has 21 heteroatoms. The van der Waals surface area contributed by atoms with Crippen molar-refractivity contribution in [2.75, 3.05) is 13.2 Å². The Morgan fingerprint density at radius 2 is 0.767 bits per heavy atom. The van der Waals surface area contributed by atoms with Crippen LogP contribution in [-0.2, 0) is 75.4 Å². The van der Waals surface area contributed by atoms with Gasteiger partial charge in [0.05, 0.1) is 42.5 Å². The fraction of sp³-hybridized carbons (Fsp3) is 0.169. The molecule has 2 aliphatic carbocycles. The number of hydrogen-bond acceptors (Lipinski definition) is 21. The molecule has 0 bridgehead atoms. The number of ether oxygens (including phenoxy) is 6. The highest BCUT2D eigenvalue weighted by Crippen LogP contribution is 2.69. The lowest BCUT2D eigenvalue weighted by Crippen LogP contribution is -2.50. The molecule has 4 aromatic carbocycles. The number of benzene rings is 4. The van der Waals surface area contributed by atoms with Crippen LogP contribution in [0.5, 0.6) is 11.5 Å². The number of fused-ring (bicyclic) bond motifs is 7. The van der Waals surface area contributed by atoms with E-state index >= 15 is 19.2 Å². The third-order valence-corrected chi connectivity index (χ3v) is 20.0. The van der Waals surface area contributed by atoms with Crippen LogP contribution in [-0.4, -0.2) is 48.5 Å². The second kappa shape index (κ2) is 25.2. The van der Waals surface area contributed by atoms with Gasteiger partial charge in [0.15, 0.2) is 0 Å². The number of hydrogen-bond donors (Lipinski definition) is 0. The van der Waals surface area contributed by atoms with Crippen LogP contribution in [0, 0.1) is 45.3 Å². The van der Waals surface area contributed by atoms with E-state index in [0.717, 1.165) is 34.0 Å². The van der Waals surface area contributed by atoms with Gasteiger partial charge in [0.2, 0.25) is 22.3 Å². The molecular formula is C65H44N6O10S5. The number of nitriles is 4. The smallest absolute Gasteiger partial charge is 0.333 e.